The zero-order chi connectivity index (χ0) is 28.8. The number of aromatic nitrogens is 1. The van der Waals surface area contributed by atoms with Crippen LogP contribution in [0.1, 0.15) is 37.0 Å². The number of piperazine rings is 1. The molecule has 6 rings (SSSR count). The number of ether oxygens (including phenoxy) is 1. The van der Waals surface area contributed by atoms with E-state index in [-0.39, 0.29) is 34.2 Å². The number of pyridine rings is 1. The van der Waals surface area contributed by atoms with Crippen molar-refractivity contribution in [2.24, 2.45) is 5.92 Å². The Morgan fingerprint density at radius 3 is 2.51 bits per heavy atom. The summed E-state index contributed by atoms with van der Waals surface area (Å²) in [5, 5.41) is 3.36. The van der Waals surface area contributed by atoms with Gasteiger partial charge in [-0.25, -0.2) is 4.39 Å². The molecule has 0 saturated carbocycles. The van der Waals surface area contributed by atoms with Crippen molar-refractivity contribution in [1.82, 2.24) is 19.7 Å². The standard InChI is InChI=1S/C30H33ClFN5O4/c1-18(2)30(40)36-13-11-35(12-14-36)26-22(32)16-20-25-28(26)41-24-15-19(31)5-6-23(24)37(25)17-21(27(20)38)29(39)33-7-10-34-8-3-4-9-34/h5-6,15-18H,3-4,7-14H2,1-2H3,(H,33,39). The molecule has 0 atom stereocenters. The third kappa shape index (κ3) is 5.04. The highest BCUT2D eigenvalue weighted by Crippen LogP contribution is 2.47. The Hall–Kier alpha value is -3.63. The van der Waals surface area contributed by atoms with Gasteiger partial charge < -0.3 is 29.3 Å². The van der Waals surface area contributed by atoms with Crippen LogP contribution < -0.4 is 20.4 Å². The molecule has 41 heavy (non-hydrogen) atoms. The van der Waals surface area contributed by atoms with E-state index in [4.69, 9.17) is 16.3 Å². The van der Waals surface area contributed by atoms with Crippen molar-refractivity contribution in [1.29, 1.82) is 0 Å². The smallest absolute Gasteiger partial charge is 0.256 e. The molecule has 9 nitrogen and oxygen atoms in total. The highest BCUT2D eigenvalue weighted by Gasteiger charge is 2.32. The van der Waals surface area contributed by atoms with Gasteiger partial charge in [-0.2, -0.15) is 0 Å². The van der Waals surface area contributed by atoms with Gasteiger partial charge in [0, 0.05) is 62.5 Å². The number of amides is 2. The normalized spacial score (nSPS) is 16.7. The predicted molar refractivity (Wildman–Crippen MR) is 156 cm³/mol. The summed E-state index contributed by atoms with van der Waals surface area (Å²) < 4.78 is 23.9. The van der Waals surface area contributed by atoms with Crippen molar-refractivity contribution < 1.29 is 18.7 Å². The zero-order valence-corrected chi connectivity index (χ0v) is 24.0. The second-order valence-corrected chi connectivity index (χ2v) is 11.6. The predicted octanol–water partition coefficient (Wildman–Crippen LogP) is 4.02. The molecule has 2 aromatic carbocycles. The topological polar surface area (TPSA) is 87.1 Å². The molecule has 0 aliphatic carbocycles. The molecule has 2 saturated heterocycles. The minimum atomic E-state index is -0.628. The highest BCUT2D eigenvalue weighted by atomic mass is 35.5. The fraction of sp³-hybridized carbons (Fsp3) is 0.433. The van der Waals surface area contributed by atoms with Gasteiger partial charge in [-0.1, -0.05) is 25.4 Å². The third-order valence-electron chi connectivity index (χ3n) is 8.12. The number of anilines is 1. The zero-order valence-electron chi connectivity index (χ0n) is 23.2. The molecule has 3 aliphatic heterocycles. The Labute approximate surface area is 242 Å². The van der Waals surface area contributed by atoms with E-state index in [0.717, 1.165) is 25.9 Å². The van der Waals surface area contributed by atoms with Crippen LogP contribution in [-0.2, 0) is 4.79 Å². The van der Waals surface area contributed by atoms with Gasteiger partial charge in [0.15, 0.2) is 17.3 Å². The van der Waals surface area contributed by atoms with Gasteiger partial charge in [0.25, 0.3) is 5.91 Å². The maximum Gasteiger partial charge on any atom is 0.256 e. The number of nitrogens with zero attached hydrogens (tertiary/aromatic N) is 4. The summed E-state index contributed by atoms with van der Waals surface area (Å²) in [6.45, 7) is 8.55. The van der Waals surface area contributed by atoms with Gasteiger partial charge in [0.1, 0.15) is 16.8 Å². The quantitative estimate of drug-likeness (QED) is 0.370. The number of likely N-dealkylation sites (tertiary alicyclic amines) is 1. The maximum absolute atomic E-state index is 16.0. The van der Waals surface area contributed by atoms with E-state index in [1.54, 1.807) is 27.7 Å². The fourth-order valence-electron chi connectivity index (χ4n) is 5.98. The number of hydrogen-bond donors (Lipinski definition) is 1. The van der Waals surface area contributed by atoms with Crippen LogP contribution in [0.4, 0.5) is 10.1 Å². The molecule has 3 aliphatic rings. The fourth-order valence-corrected chi connectivity index (χ4v) is 6.14. The van der Waals surface area contributed by atoms with Gasteiger partial charge in [0.2, 0.25) is 11.3 Å². The second-order valence-electron chi connectivity index (χ2n) is 11.2. The molecule has 4 heterocycles. The Morgan fingerprint density at radius 2 is 1.80 bits per heavy atom. The van der Waals surface area contributed by atoms with Crippen LogP contribution in [0, 0.1) is 11.7 Å². The molecule has 2 fully saturated rings. The maximum atomic E-state index is 16.0. The van der Waals surface area contributed by atoms with Crippen LogP contribution in [0.3, 0.4) is 0 Å². The van der Waals surface area contributed by atoms with Gasteiger partial charge in [-0.05, 0) is 44.1 Å². The number of carbonyl (C=O) groups excluding carboxylic acids is 2. The van der Waals surface area contributed by atoms with Crippen LogP contribution >= 0.6 is 11.6 Å². The number of nitrogens with one attached hydrogen (secondary N) is 1. The number of carbonyl (C=O) groups is 2. The van der Waals surface area contributed by atoms with Crippen molar-refractivity contribution in [3.63, 3.8) is 0 Å². The van der Waals surface area contributed by atoms with Crippen LogP contribution in [0.5, 0.6) is 11.5 Å². The van der Waals surface area contributed by atoms with Crippen LogP contribution in [0.2, 0.25) is 5.02 Å². The molecule has 11 heteroatoms. The lowest BCUT2D eigenvalue weighted by atomic mass is 10.0. The van der Waals surface area contributed by atoms with Crippen molar-refractivity contribution >= 4 is 40.0 Å². The average Bonchev–Trinajstić information content (AvgIpc) is 3.47. The lowest BCUT2D eigenvalue weighted by molar-refractivity contribution is -0.134. The minimum absolute atomic E-state index is 0.0580. The van der Waals surface area contributed by atoms with Gasteiger partial charge in [-0.3, -0.25) is 14.4 Å². The first-order valence-corrected chi connectivity index (χ1v) is 14.5. The Bertz CT molecular complexity index is 1590. The number of hydrogen-bond acceptors (Lipinski definition) is 6. The van der Waals surface area contributed by atoms with Gasteiger partial charge >= 0.3 is 0 Å². The second kappa shape index (κ2) is 11.0. The summed E-state index contributed by atoms with van der Waals surface area (Å²) in [7, 11) is 0. The van der Waals surface area contributed by atoms with E-state index in [2.05, 4.69) is 10.2 Å². The molecule has 3 aromatic rings. The van der Waals surface area contributed by atoms with E-state index in [1.165, 1.54) is 12.3 Å². The van der Waals surface area contributed by atoms with Crippen LogP contribution in [0.25, 0.3) is 16.6 Å². The summed E-state index contributed by atoms with van der Waals surface area (Å²) in [5.41, 5.74) is 0.560. The number of fused-ring (bicyclic) bond motifs is 2. The summed E-state index contributed by atoms with van der Waals surface area (Å²) in [6, 6.07) is 6.28. The number of benzene rings is 2. The largest absolute Gasteiger partial charge is 0.451 e. The summed E-state index contributed by atoms with van der Waals surface area (Å²) in [4.78, 5) is 45.3. The molecule has 0 spiro atoms. The first kappa shape index (κ1) is 27.5. The molecule has 2 amide bonds. The first-order chi connectivity index (χ1) is 19.7. The highest BCUT2D eigenvalue weighted by molar-refractivity contribution is 6.30. The summed E-state index contributed by atoms with van der Waals surface area (Å²) in [5.74, 6) is -0.612. The molecule has 1 N–H and O–H groups in total. The van der Waals surface area contributed by atoms with E-state index in [9.17, 15) is 14.4 Å². The molecule has 1 aromatic heterocycles. The molecule has 0 unspecified atom stereocenters. The van der Waals surface area contributed by atoms with Crippen LogP contribution in [-0.4, -0.2) is 78.5 Å². The van der Waals surface area contributed by atoms with Gasteiger partial charge in [0.05, 0.1) is 11.1 Å². The van der Waals surface area contributed by atoms with Crippen molar-refractivity contribution in [2.75, 3.05) is 57.3 Å². The van der Waals surface area contributed by atoms with E-state index in [1.807, 2.05) is 18.7 Å². The third-order valence-corrected chi connectivity index (χ3v) is 8.36. The summed E-state index contributed by atoms with van der Waals surface area (Å²) >= 11 is 6.29. The molecule has 0 bridgehead atoms. The van der Waals surface area contributed by atoms with E-state index >= 15 is 4.39 Å². The van der Waals surface area contributed by atoms with Crippen molar-refractivity contribution in [2.45, 2.75) is 26.7 Å². The Balaban J connectivity index is 1.41. The van der Waals surface area contributed by atoms with E-state index in [0.29, 0.717) is 61.2 Å². The number of halogens is 2. The lowest BCUT2D eigenvalue weighted by Gasteiger charge is -2.38. The Morgan fingerprint density at radius 1 is 1.07 bits per heavy atom. The lowest BCUT2D eigenvalue weighted by Crippen LogP contribution is -2.50. The summed E-state index contributed by atoms with van der Waals surface area (Å²) in [6.07, 6.45) is 3.81. The van der Waals surface area contributed by atoms with Crippen molar-refractivity contribution in [3.05, 3.63) is 57.1 Å². The van der Waals surface area contributed by atoms with Crippen molar-refractivity contribution in [3.8, 4) is 17.2 Å². The average molecular weight is 582 g/mol. The molecular weight excluding hydrogens is 549 g/mol. The van der Waals surface area contributed by atoms with E-state index < -0.39 is 17.2 Å². The molecular formula is C30H33ClFN5O4. The SMILES string of the molecule is CC(C)C(=O)N1CCN(c2c(F)cc3c(=O)c(C(=O)NCCN4CCCC4)cn4c3c2Oc2cc(Cl)ccc2-4)CC1. The molecule has 0 radical (unpaired) electrons. The minimum Gasteiger partial charge on any atom is -0.451 e. The number of rotatable bonds is 6. The van der Waals surface area contributed by atoms with Gasteiger partial charge in [-0.15, -0.1) is 0 Å². The molecule has 216 valence electrons. The first-order valence-electron chi connectivity index (χ1n) is 14.2. The van der Waals surface area contributed by atoms with Crippen LogP contribution in [0.15, 0.2) is 35.3 Å². The monoisotopic (exact) mass is 581 g/mol. The Kier molecular flexibility index (Phi) is 7.37.